The van der Waals surface area contributed by atoms with E-state index in [0.717, 1.165) is 10.8 Å². The molecule has 1 heterocycles. The van der Waals surface area contributed by atoms with Crippen LogP contribution in [0.25, 0.3) is 0 Å². The lowest BCUT2D eigenvalue weighted by Crippen LogP contribution is -2.14. The normalized spacial score (nSPS) is 12.7. The van der Waals surface area contributed by atoms with E-state index in [9.17, 15) is 0 Å². The van der Waals surface area contributed by atoms with E-state index in [1.165, 1.54) is 21.6 Å². The number of nitrogens with two attached hydrogens (primary N) is 1. The van der Waals surface area contributed by atoms with Gasteiger partial charge in [-0.1, -0.05) is 29.8 Å². The summed E-state index contributed by atoms with van der Waals surface area (Å²) in [6.07, 6.45) is 0.849. The van der Waals surface area contributed by atoms with Gasteiger partial charge in [0.25, 0.3) is 0 Å². The number of halogens is 1. The second-order valence-electron chi connectivity index (χ2n) is 4.31. The largest absolute Gasteiger partial charge is 0.324 e. The molecule has 1 atom stereocenters. The molecule has 0 saturated carbocycles. The lowest BCUT2D eigenvalue weighted by molar-refractivity contribution is 0.723. The minimum absolute atomic E-state index is 0.0459. The molecule has 1 unspecified atom stereocenters. The third kappa shape index (κ3) is 2.89. The first-order valence-electron chi connectivity index (χ1n) is 5.64. The van der Waals surface area contributed by atoms with Crippen molar-refractivity contribution in [2.24, 2.45) is 5.73 Å². The maximum atomic E-state index is 6.27. The topological polar surface area (TPSA) is 26.0 Å². The van der Waals surface area contributed by atoms with Crippen LogP contribution in [-0.4, -0.2) is 0 Å². The van der Waals surface area contributed by atoms with Crippen LogP contribution in [0.2, 0.25) is 4.34 Å². The molecule has 1 nitrogen and oxygen atoms in total. The minimum atomic E-state index is 0.0459. The van der Waals surface area contributed by atoms with Crippen LogP contribution in [0.5, 0.6) is 0 Å². The zero-order chi connectivity index (χ0) is 12.4. The van der Waals surface area contributed by atoms with Crippen LogP contribution in [-0.2, 0) is 6.42 Å². The van der Waals surface area contributed by atoms with Crippen LogP contribution in [0.4, 0.5) is 0 Å². The van der Waals surface area contributed by atoms with E-state index in [4.69, 9.17) is 17.3 Å². The third-order valence-electron chi connectivity index (χ3n) is 3.10. The highest BCUT2D eigenvalue weighted by molar-refractivity contribution is 7.16. The molecule has 0 fully saturated rings. The predicted molar refractivity (Wildman–Crippen MR) is 75.9 cm³/mol. The lowest BCUT2D eigenvalue weighted by Gasteiger charge is -2.15. The Balaban J connectivity index is 2.20. The Bertz CT molecular complexity index is 519. The number of hydrogen-bond acceptors (Lipinski definition) is 2. The molecule has 0 bridgehead atoms. The van der Waals surface area contributed by atoms with Crippen molar-refractivity contribution in [3.8, 4) is 0 Å². The first-order chi connectivity index (χ1) is 8.08. The Labute approximate surface area is 111 Å². The molecular weight excluding hydrogens is 250 g/mol. The number of aryl methyl sites for hydroxylation is 1. The lowest BCUT2D eigenvalue weighted by atomic mass is 9.96. The molecule has 2 aromatic rings. The molecule has 0 aliphatic carbocycles. The summed E-state index contributed by atoms with van der Waals surface area (Å²) in [5, 5.41) is 0. The standard InChI is InChI=1S/C14H16ClNS/c1-9-4-3-5-12(10(9)2)13(16)8-11-6-7-14(15)17-11/h3-7,13H,8,16H2,1-2H3. The van der Waals surface area contributed by atoms with Crippen LogP contribution in [0.1, 0.15) is 27.6 Å². The van der Waals surface area contributed by atoms with E-state index in [0.29, 0.717) is 0 Å². The smallest absolute Gasteiger partial charge is 0.0931 e. The first kappa shape index (κ1) is 12.6. The maximum absolute atomic E-state index is 6.27. The highest BCUT2D eigenvalue weighted by atomic mass is 35.5. The number of rotatable bonds is 3. The monoisotopic (exact) mass is 265 g/mol. The van der Waals surface area contributed by atoms with Crippen LogP contribution in [0, 0.1) is 13.8 Å². The van der Waals surface area contributed by atoms with Gasteiger partial charge in [0.05, 0.1) is 4.34 Å². The van der Waals surface area contributed by atoms with E-state index in [-0.39, 0.29) is 6.04 Å². The third-order valence-corrected chi connectivity index (χ3v) is 4.35. The highest BCUT2D eigenvalue weighted by Gasteiger charge is 2.11. The second kappa shape index (κ2) is 5.21. The Morgan fingerprint density at radius 2 is 2.00 bits per heavy atom. The molecule has 90 valence electrons. The molecule has 1 aromatic heterocycles. The van der Waals surface area contributed by atoms with Gasteiger partial charge in [0.2, 0.25) is 0 Å². The summed E-state index contributed by atoms with van der Waals surface area (Å²) >= 11 is 7.53. The SMILES string of the molecule is Cc1cccc(C(N)Cc2ccc(Cl)s2)c1C. The summed E-state index contributed by atoms with van der Waals surface area (Å²) in [6, 6.07) is 10.3. The van der Waals surface area contributed by atoms with Crippen molar-refractivity contribution in [2.75, 3.05) is 0 Å². The Kier molecular flexibility index (Phi) is 3.87. The first-order valence-corrected chi connectivity index (χ1v) is 6.83. The fourth-order valence-corrected chi connectivity index (χ4v) is 3.11. The predicted octanol–water partition coefficient (Wildman–Crippen LogP) is 4.26. The summed E-state index contributed by atoms with van der Waals surface area (Å²) in [5.41, 5.74) is 10.1. The van der Waals surface area contributed by atoms with Crippen LogP contribution in [0.3, 0.4) is 0 Å². The zero-order valence-electron chi connectivity index (χ0n) is 10.0. The highest BCUT2D eigenvalue weighted by Crippen LogP contribution is 2.27. The molecule has 0 aliphatic rings. The van der Waals surface area contributed by atoms with E-state index < -0.39 is 0 Å². The Hall–Kier alpha value is -0.830. The van der Waals surface area contributed by atoms with Crippen molar-refractivity contribution in [1.82, 2.24) is 0 Å². The number of hydrogen-bond donors (Lipinski definition) is 1. The summed E-state index contributed by atoms with van der Waals surface area (Å²) in [5.74, 6) is 0. The van der Waals surface area contributed by atoms with Gasteiger partial charge in [-0.15, -0.1) is 11.3 Å². The van der Waals surface area contributed by atoms with Crippen molar-refractivity contribution in [3.63, 3.8) is 0 Å². The van der Waals surface area contributed by atoms with E-state index in [1.807, 2.05) is 6.07 Å². The minimum Gasteiger partial charge on any atom is -0.324 e. The van der Waals surface area contributed by atoms with E-state index >= 15 is 0 Å². The zero-order valence-corrected chi connectivity index (χ0v) is 11.6. The van der Waals surface area contributed by atoms with Crippen molar-refractivity contribution in [2.45, 2.75) is 26.3 Å². The average Bonchev–Trinajstić information content (AvgIpc) is 2.68. The van der Waals surface area contributed by atoms with Crippen molar-refractivity contribution < 1.29 is 0 Å². The van der Waals surface area contributed by atoms with Gasteiger partial charge in [0.1, 0.15) is 0 Å². The molecule has 0 radical (unpaired) electrons. The molecular formula is C14H16ClNS. The maximum Gasteiger partial charge on any atom is 0.0931 e. The Morgan fingerprint density at radius 1 is 1.24 bits per heavy atom. The quantitative estimate of drug-likeness (QED) is 0.882. The van der Waals surface area contributed by atoms with Crippen LogP contribution >= 0.6 is 22.9 Å². The molecule has 2 N–H and O–H groups in total. The van der Waals surface area contributed by atoms with Gasteiger partial charge in [0.15, 0.2) is 0 Å². The molecule has 0 spiro atoms. The van der Waals surface area contributed by atoms with Crippen molar-refractivity contribution >= 4 is 22.9 Å². The van der Waals surface area contributed by atoms with Gasteiger partial charge in [0, 0.05) is 17.3 Å². The molecule has 1 aromatic carbocycles. The van der Waals surface area contributed by atoms with Crippen molar-refractivity contribution in [1.29, 1.82) is 0 Å². The molecule has 0 amide bonds. The number of thiophene rings is 1. The fourth-order valence-electron chi connectivity index (χ4n) is 1.96. The molecule has 0 aliphatic heterocycles. The van der Waals surface area contributed by atoms with Gasteiger partial charge in [-0.05, 0) is 42.7 Å². The van der Waals surface area contributed by atoms with E-state index in [2.05, 4.69) is 38.1 Å². The van der Waals surface area contributed by atoms with Gasteiger partial charge < -0.3 is 5.73 Å². The summed E-state index contributed by atoms with van der Waals surface area (Å²) < 4.78 is 0.827. The summed E-state index contributed by atoms with van der Waals surface area (Å²) in [7, 11) is 0. The second-order valence-corrected chi connectivity index (χ2v) is 6.11. The summed E-state index contributed by atoms with van der Waals surface area (Å²) in [6.45, 7) is 4.25. The van der Waals surface area contributed by atoms with Gasteiger partial charge in [-0.3, -0.25) is 0 Å². The molecule has 17 heavy (non-hydrogen) atoms. The van der Waals surface area contributed by atoms with E-state index in [1.54, 1.807) is 11.3 Å². The van der Waals surface area contributed by atoms with Crippen LogP contribution in [0.15, 0.2) is 30.3 Å². The fraction of sp³-hybridized carbons (Fsp3) is 0.286. The van der Waals surface area contributed by atoms with Crippen LogP contribution < -0.4 is 5.73 Å². The Morgan fingerprint density at radius 3 is 2.65 bits per heavy atom. The summed E-state index contributed by atoms with van der Waals surface area (Å²) in [4.78, 5) is 1.24. The van der Waals surface area contributed by atoms with Gasteiger partial charge >= 0.3 is 0 Å². The molecule has 3 heteroatoms. The molecule has 2 rings (SSSR count). The average molecular weight is 266 g/mol. The molecule has 0 saturated heterocycles. The van der Waals surface area contributed by atoms with Gasteiger partial charge in [-0.2, -0.15) is 0 Å². The number of benzene rings is 1. The van der Waals surface area contributed by atoms with Gasteiger partial charge in [-0.25, -0.2) is 0 Å². The van der Waals surface area contributed by atoms with Crippen molar-refractivity contribution in [3.05, 3.63) is 56.2 Å².